The molecule has 1 heterocycles. The number of esters is 1. The molecular weight excluding hydrogens is 292 g/mol. The minimum atomic E-state index is -0.395. The van der Waals surface area contributed by atoms with Crippen LogP contribution >= 0.6 is 0 Å². The Morgan fingerprint density at radius 2 is 1.87 bits per heavy atom. The van der Waals surface area contributed by atoms with Crippen LogP contribution in [0.2, 0.25) is 0 Å². The second kappa shape index (κ2) is 8.48. The largest absolute Gasteiger partial charge is 0.460 e. The van der Waals surface area contributed by atoms with E-state index in [-0.39, 0.29) is 17.7 Å². The zero-order valence-corrected chi connectivity index (χ0v) is 15.2. The van der Waals surface area contributed by atoms with E-state index in [1.165, 1.54) is 6.42 Å². The van der Waals surface area contributed by atoms with Crippen LogP contribution in [0.3, 0.4) is 0 Å². The molecule has 1 aliphatic carbocycles. The Kier molecular flexibility index (Phi) is 6.90. The summed E-state index contributed by atoms with van der Waals surface area (Å²) < 4.78 is 17.0. The minimum Gasteiger partial charge on any atom is -0.460 e. The van der Waals surface area contributed by atoms with Crippen LogP contribution in [0.4, 0.5) is 0 Å². The number of ether oxygens (including phenoxy) is 3. The maximum absolute atomic E-state index is 12.6. The summed E-state index contributed by atoms with van der Waals surface area (Å²) in [6, 6.07) is 0. The average Bonchev–Trinajstić information content (AvgIpc) is 2.96. The van der Waals surface area contributed by atoms with E-state index >= 15 is 0 Å². The fourth-order valence-electron chi connectivity index (χ4n) is 3.62. The van der Waals surface area contributed by atoms with Crippen LogP contribution in [0.15, 0.2) is 0 Å². The number of carbonyl (C=O) groups is 1. The lowest BCUT2D eigenvalue weighted by molar-refractivity contribution is -0.169. The van der Waals surface area contributed by atoms with Gasteiger partial charge in [0.25, 0.3) is 0 Å². The van der Waals surface area contributed by atoms with Crippen molar-refractivity contribution < 1.29 is 19.0 Å². The van der Waals surface area contributed by atoms with Crippen LogP contribution in [0.5, 0.6) is 0 Å². The Hall–Kier alpha value is -0.610. The zero-order chi connectivity index (χ0) is 16.8. The Bertz CT molecular complexity index is 360. The van der Waals surface area contributed by atoms with E-state index in [1.54, 1.807) is 0 Å². The highest BCUT2D eigenvalue weighted by atomic mass is 16.7. The molecule has 2 aliphatic rings. The summed E-state index contributed by atoms with van der Waals surface area (Å²) in [5.41, 5.74) is -0.636. The highest BCUT2D eigenvalue weighted by Gasteiger charge is 2.43. The molecule has 0 spiro atoms. The normalized spacial score (nSPS) is 24.6. The SMILES string of the molecule is CC(C)(C)OC(=O)C1(CCCCOC2CCCCO2)CCCC1. The lowest BCUT2D eigenvalue weighted by Crippen LogP contribution is -2.36. The molecule has 0 radical (unpaired) electrons. The van der Waals surface area contributed by atoms with E-state index in [0.717, 1.165) is 71.0 Å². The average molecular weight is 326 g/mol. The van der Waals surface area contributed by atoms with Gasteiger partial charge in [0, 0.05) is 13.2 Å². The molecule has 0 bridgehead atoms. The zero-order valence-electron chi connectivity index (χ0n) is 15.2. The van der Waals surface area contributed by atoms with Gasteiger partial charge in [-0.15, -0.1) is 0 Å². The van der Waals surface area contributed by atoms with E-state index in [1.807, 2.05) is 20.8 Å². The maximum atomic E-state index is 12.6. The molecule has 1 unspecified atom stereocenters. The van der Waals surface area contributed by atoms with Crippen molar-refractivity contribution in [1.29, 1.82) is 0 Å². The van der Waals surface area contributed by atoms with Crippen molar-refractivity contribution in [3.05, 3.63) is 0 Å². The molecule has 1 aliphatic heterocycles. The van der Waals surface area contributed by atoms with E-state index in [9.17, 15) is 4.79 Å². The van der Waals surface area contributed by atoms with Gasteiger partial charge in [-0.3, -0.25) is 4.79 Å². The van der Waals surface area contributed by atoms with E-state index in [0.29, 0.717) is 0 Å². The van der Waals surface area contributed by atoms with Gasteiger partial charge >= 0.3 is 5.97 Å². The number of unbranched alkanes of at least 4 members (excludes halogenated alkanes) is 1. The van der Waals surface area contributed by atoms with Gasteiger partial charge in [0.15, 0.2) is 6.29 Å². The van der Waals surface area contributed by atoms with Crippen LogP contribution in [0, 0.1) is 5.41 Å². The molecule has 1 atom stereocenters. The molecule has 0 N–H and O–H groups in total. The molecular formula is C19H34O4. The summed E-state index contributed by atoms with van der Waals surface area (Å²) in [7, 11) is 0. The van der Waals surface area contributed by atoms with Gasteiger partial charge in [0.05, 0.1) is 5.41 Å². The molecule has 134 valence electrons. The Balaban J connectivity index is 1.71. The van der Waals surface area contributed by atoms with Crippen molar-refractivity contribution in [3.8, 4) is 0 Å². The van der Waals surface area contributed by atoms with Gasteiger partial charge in [-0.2, -0.15) is 0 Å². The third kappa shape index (κ3) is 6.07. The van der Waals surface area contributed by atoms with Gasteiger partial charge in [0.1, 0.15) is 5.60 Å². The first-order valence-electron chi connectivity index (χ1n) is 9.38. The second-order valence-electron chi connectivity index (χ2n) is 8.11. The lowest BCUT2D eigenvalue weighted by Gasteiger charge is -2.31. The van der Waals surface area contributed by atoms with Crippen LogP contribution in [0.25, 0.3) is 0 Å². The van der Waals surface area contributed by atoms with Crippen molar-refractivity contribution in [1.82, 2.24) is 0 Å². The van der Waals surface area contributed by atoms with Crippen LogP contribution in [-0.2, 0) is 19.0 Å². The lowest BCUT2D eigenvalue weighted by atomic mass is 9.81. The number of hydrogen-bond donors (Lipinski definition) is 0. The van der Waals surface area contributed by atoms with Crippen LogP contribution in [-0.4, -0.2) is 31.1 Å². The van der Waals surface area contributed by atoms with Crippen molar-refractivity contribution in [2.75, 3.05) is 13.2 Å². The first-order chi connectivity index (χ1) is 10.9. The molecule has 23 heavy (non-hydrogen) atoms. The van der Waals surface area contributed by atoms with Crippen molar-refractivity contribution >= 4 is 5.97 Å². The summed E-state index contributed by atoms with van der Waals surface area (Å²) in [6.45, 7) is 7.41. The van der Waals surface area contributed by atoms with Gasteiger partial charge in [-0.25, -0.2) is 0 Å². The fourth-order valence-corrected chi connectivity index (χ4v) is 3.62. The van der Waals surface area contributed by atoms with E-state index in [2.05, 4.69) is 0 Å². The smallest absolute Gasteiger partial charge is 0.312 e. The Morgan fingerprint density at radius 1 is 1.13 bits per heavy atom. The fraction of sp³-hybridized carbons (Fsp3) is 0.947. The molecule has 1 saturated carbocycles. The molecule has 0 aromatic rings. The molecule has 0 amide bonds. The Labute approximate surface area is 141 Å². The van der Waals surface area contributed by atoms with E-state index in [4.69, 9.17) is 14.2 Å². The molecule has 4 heteroatoms. The van der Waals surface area contributed by atoms with Crippen LogP contribution in [0.1, 0.15) is 85.0 Å². The summed E-state index contributed by atoms with van der Waals surface area (Å²) in [4.78, 5) is 12.6. The predicted octanol–water partition coefficient (Wildman–Crippen LogP) is 4.60. The maximum Gasteiger partial charge on any atom is 0.312 e. The highest BCUT2D eigenvalue weighted by molar-refractivity contribution is 5.77. The molecule has 4 nitrogen and oxygen atoms in total. The molecule has 0 aromatic heterocycles. The summed E-state index contributed by atoms with van der Waals surface area (Å²) in [5, 5.41) is 0. The highest BCUT2D eigenvalue weighted by Crippen LogP contribution is 2.44. The van der Waals surface area contributed by atoms with Gasteiger partial charge in [-0.05, 0) is 65.7 Å². The molecule has 0 aromatic carbocycles. The van der Waals surface area contributed by atoms with Crippen molar-refractivity contribution in [2.45, 2.75) is 96.9 Å². The van der Waals surface area contributed by atoms with Gasteiger partial charge in [-0.1, -0.05) is 19.3 Å². The summed E-state index contributed by atoms with van der Waals surface area (Å²) >= 11 is 0. The molecule has 2 fully saturated rings. The number of hydrogen-bond acceptors (Lipinski definition) is 4. The molecule has 1 saturated heterocycles. The third-order valence-corrected chi connectivity index (χ3v) is 4.88. The number of rotatable bonds is 7. The quantitative estimate of drug-likeness (QED) is 0.506. The number of carbonyl (C=O) groups excluding carboxylic acids is 1. The van der Waals surface area contributed by atoms with Crippen LogP contribution < -0.4 is 0 Å². The predicted molar refractivity (Wildman–Crippen MR) is 90.1 cm³/mol. The minimum absolute atomic E-state index is 0.00459. The van der Waals surface area contributed by atoms with E-state index < -0.39 is 5.60 Å². The van der Waals surface area contributed by atoms with Gasteiger partial charge < -0.3 is 14.2 Å². The third-order valence-electron chi connectivity index (χ3n) is 4.88. The Morgan fingerprint density at radius 3 is 2.48 bits per heavy atom. The van der Waals surface area contributed by atoms with Crippen molar-refractivity contribution in [2.24, 2.45) is 5.41 Å². The second-order valence-corrected chi connectivity index (χ2v) is 8.11. The standard InChI is InChI=1S/C19H34O4/c1-18(2,3)23-17(20)19(11-5-6-12-19)13-7-9-15-22-16-10-4-8-14-21-16/h16H,4-15H2,1-3H3. The monoisotopic (exact) mass is 326 g/mol. The summed E-state index contributed by atoms with van der Waals surface area (Å²) in [6.07, 6.45) is 10.6. The van der Waals surface area contributed by atoms with Gasteiger partial charge in [0.2, 0.25) is 0 Å². The summed E-state index contributed by atoms with van der Waals surface area (Å²) in [5.74, 6) is 0.0130. The molecule has 2 rings (SSSR count). The first-order valence-corrected chi connectivity index (χ1v) is 9.38. The van der Waals surface area contributed by atoms with Crippen molar-refractivity contribution in [3.63, 3.8) is 0 Å². The first kappa shape index (κ1) is 18.7. The topological polar surface area (TPSA) is 44.8 Å².